The van der Waals surface area contributed by atoms with Crippen molar-refractivity contribution in [3.63, 3.8) is 0 Å². The summed E-state index contributed by atoms with van der Waals surface area (Å²) in [7, 11) is 0. The quantitative estimate of drug-likeness (QED) is 0.245. The lowest BCUT2D eigenvalue weighted by Crippen LogP contribution is -2.21. The Morgan fingerprint density at radius 2 is 1.50 bits per heavy atom. The largest absolute Gasteiger partial charge is 0.489 e. The number of anilines is 1. The van der Waals surface area contributed by atoms with Gasteiger partial charge >= 0.3 is 0 Å². The maximum Gasteiger partial charge on any atom is 0.269 e. The van der Waals surface area contributed by atoms with Crippen LogP contribution in [0.1, 0.15) is 11.1 Å². The predicted octanol–water partition coefficient (Wildman–Crippen LogP) is 5.45. The first-order chi connectivity index (χ1) is 14.1. The van der Waals surface area contributed by atoms with Gasteiger partial charge < -0.3 is 15.4 Å². The van der Waals surface area contributed by atoms with E-state index in [0.29, 0.717) is 11.6 Å². The van der Waals surface area contributed by atoms with Crippen molar-refractivity contribution in [3.8, 4) is 5.75 Å². The van der Waals surface area contributed by atoms with Gasteiger partial charge in [0.2, 0.25) is 0 Å². The second-order valence-electron chi connectivity index (χ2n) is 6.47. The van der Waals surface area contributed by atoms with E-state index in [1.807, 2.05) is 48.5 Å². The van der Waals surface area contributed by atoms with Crippen LogP contribution in [0, 0.1) is 10.1 Å². The second kappa shape index (κ2) is 12.0. The lowest BCUT2D eigenvalue weighted by molar-refractivity contribution is -0.384. The van der Waals surface area contributed by atoms with Crippen LogP contribution < -0.4 is 15.4 Å². The topological polar surface area (TPSA) is 76.4 Å². The van der Waals surface area contributed by atoms with Gasteiger partial charge in [0.25, 0.3) is 5.69 Å². The summed E-state index contributed by atoms with van der Waals surface area (Å²) in [6, 6.07) is 22.0. The van der Waals surface area contributed by atoms with Crippen molar-refractivity contribution in [1.82, 2.24) is 5.32 Å². The zero-order chi connectivity index (χ0) is 20.5. The van der Waals surface area contributed by atoms with E-state index in [2.05, 4.69) is 10.6 Å². The van der Waals surface area contributed by atoms with E-state index in [1.165, 1.54) is 17.7 Å². The first kappa shape index (κ1) is 23.5. The number of nitrogens with one attached hydrogen (secondary N) is 2. The standard InChI is InChI=1S/C22H22ClN3O3.ClH/c23-19-5-1-18(2-6-19)16-29-22-11-3-17(4-12-22)15-24-13-14-25-20-7-9-21(10-8-20)26(27)28;/h1-12,24-25H,13-16H2;1H. The van der Waals surface area contributed by atoms with E-state index < -0.39 is 4.92 Å². The summed E-state index contributed by atoms with van der Waals surface area (Å²) < 4.78 is 5.79. The SMILES string of the molecule is Cl.O=[N+]([O-])c1ccc(NCCNCc2ccc(OCc3ccc(Cl)cc3)cc2)cc1. The molecule has 0 aliphatic carbocycles. The number of hydrogen-bond donors (Lipinski definition) is 2. The summed E-state index contributed by atoms with van der Waals surface area (Å²) >= 11 is 5.88. The summed E-state index contributed by atoms with van der Waals surface area (Å²) in [6.07, 6.45) is 0. The van der Waals surface area contributed by atoms with Crippen LogP contribution in [0.15, 0.2) is 72.8 Å². The molecule has 0 spiro atoms. The Bertz CT molecular complexity index is 918. The fourth-order valence-corrected chi connectivity index (χ4v) is 2.81. The van der Waals surface area contributed by atoms with Crippen molar-refractivity contribution in [2.45, 2.75) is 13.2 Å². The third kappa shape index (κ3) is 7.55. The van der Waals surface area contributed by atoms with Crippen LogP contribution in [0.3, 0.4) is 0 Å². The molecular formula is C22H23Cl2N3O3. The average molecular weight is 448 g/mol. The van der Waals surface area contributed by atoms with Gasteiger partial charge in [0, 0.05) is 42.5 Å². The highest BCUT2D eigenvalue weighted by Gasteiger charge is 2.03. The molecule has 0 amide bonds. The van der Waals surface area contributed by atoms with Gasteiger partial charge in [-0.05, 0) is 47.5 Å². The second-order valence-corrected chi connectivity index (χ2v) is 6.90. The van der Waals surface area contributed by atoms with Gasteiger partial charge in [-0.3, -0.25) is 10.1 Å². The van der Waals surface area contributed by atoms with Crippen molar-refractivity contribution in [2.24, 2.45) is 0 Å². The van der Waals surface area contributed by atoms with E-state index in [-0.39, 0.29) is 18.1 Å². The van der Waals surface area contributed by atoms with Gasteiger partial charge in [-0.15, -0.1) is 12.4 Å². The molecule has 0 aliphatic rings. The van der Waals surface area contributed by atoms with Gasteiger partial charge in [-0.1, -0.05) is 35.9 Å². The van der Waals surface area contributed by atoms with Crippen LogP contribution in [0.2, 0.25) is 5.02 Å². The zero-order valence-corrected chi connectivity index (χ0v) is 17.8. The fraction of sp³-hybridized carbons (Fsp3) is 0.182. The maximum absolute atomic E-state index is 10.6. The van der Waals surface area contributed by atoms with Crippen molar-refractivity contribution in [3.05, 3.63) is 99.1 Å². The molecule has 0 saturated carbocycles. The molecule has 3 aromatic carbocycles. The molecule has 0 bridgehead atoms. The van der Waals surface area contributed by atoms with Crippen LogP contribution in [0.25, 0.3) is 0 Å². The molecule has 0 heterocycles. The molecule has 0 aliphatic heterocycles. The first-order valence-electron chi connectivity index (χ1n) is 9.25. The summed E-state index contributed by atoms with van der Waals surface area (Å²) in [5, 5.41) is 17.9. The molecule has 3 rings (SSSR count). The van der Waals surface area contributed by atoms with E-state index in [4.69, 9.17) is 16.3 Å². The number of non-ortho nitro benzene ring substituents is 1. The Morgan fingerprint density at radius 3 is 2.13 bits per heavy atom. The van der Waals surface area contributed by atoms with Gasteiger partial charge in [-0.25, -0.2) is 0 Å². The van der Waals surface area contributed by atoms with Crippen molar-refractivity contribution in [1.29, 1.82) is 0 Å². The lowest BCUT2D eigenvalue weighted by Gasteiger charge is -2.09. The lowest BCUT2D eigenvalue weighted by atomic mass is 10.2. The minimum Gasteiger partial charge on any atom is -0.489 e. The molecule has 0 aromatic heterocycles. The summed E-state index contributed by atoms with van der Waals surface area (Å²) in [4.78, 5) is 10.2. The number of benzene rings is 3. The Kier molecular flexibility index (Phi) is 9.41. The van der Waals surface area contributed by atoms with Gasteiger partial charge in [0.1, 0.15) is 12.4 Å². The maximum atomic E-state index is 10.6. The number of rotatable bonds is 10. The third-order valence-corrected chi connectivity index (χ3v) is 4.53. The number of nitrogens with zero attached hydrogens (tertiary/aromatic N) is 1. The highest BCUT2D eigenvalue weighted by molar-refractivity contribution is 6.30. The van der Waals surface area contributed by atoms with Crippen molar-refractivity contribution >= 4 is 35.4 Å². The molecule has 6 nitrogen and oxygen atoms in total. The van der Waals surface area contributed by atoms with Gasteiger partial charge in [-0.2, -0.15) is 0 Å². The summed E-state index contributed by atoms with van der Waals surface area (Å²) in [5.74, 6) is 0.823. The minimum atomic E-state index is -0.403. The molecule has 30 heavy (non-hydrogen) atoms. The number of halogens is 2. The molecule has 0 fully saturated rings. The van der Waals surface area contributed by atoms with E-state index in [9.17, 15) is 10.1 Å². The molecule has 0 radical (unpaired) electrons. The Labute approximate surface area is 186 Å². The van der Waals surface area contributed by atoms with E-state index in [1.54, 1.807) is 12.1 Å². The average Bonchev–Trinajstić information content (AvgIpc) is 2.74. The van der Waals surface area contributed by atoms with Crippen LogP contribution in [-0.4, -0.2) is 18.0 Å². The molecule has 158 valence electrons. The number of hydrogen-bond acceptors (Lipinski definition) is 5. The smallest absolute Gasteiger partial charge is 0.269 e. The molecule has 2 N–H and O–H groups in total. The highest BCUT2D eigenvalue weighted by Crippen LogP contribution is 2.16. The highest BCUT2D eigenvalue weighted by atomic mass is 35.5. The number of nitro benzene ring substituents is 1. The molecule has 3 aromatic rings. The van der Waals surface area contributed by atoms with E-state index >= 15 is 0 Å². The Balaban J connectivity index is 0.00000320. The fourth-order valence-electron chi connectivity index (χ4n) is 2.68. The monoisotopic (exact) mass is 447 g/mol. The van der Waals surface area contributed by atoms with Crippen molar-refractivity contribution in [2.75, 3.05) is 18.4 Å². The zero-order valence-electron chi connectivity index (χ0n) is 16.2. The molecule has 0 unspecified atom stereocenters. The normalized spacial score (nSPS) is 10.2. The van der Waals surface area contributed by atoms with Crippen LogP contribution >= 0.6 is 24.0 Å². The van der Waals surface area contributed by atoms with Crippen LogP contribution in [0.4, 0.5) is 11.4 Å². The van der Waals surface area contributed by atoms with Gasteiger partial charge in [0.15, 0.2) is 0 Å². The van der Waals surface area contributed by atoms with Crippen LogP contribution in [0.5, 0.6) is 5.75 Å². The van der Waals surface area contributed by atoms with Crippen molar-refractivity contribution < 1.29 is 9.66 Å². The Morgan fingerprint density at radius 1 is 0.867 bits per heavy atom. The first-order valence-corrected chi connectivity index (χ1v) is 9.63. The summed E-state index contributed by atoms with van der Waals surface area (Å²) in [5.41, 5.74) is 3.19. The number of nitro groups is 1. The summed E-state index contributed by atoms with van der Waals surface area (Å²) in [6.45, 7) is 2.74. The van der Waals surface area contributed by atoms with Crippen LogP contribution in [-0.2, 0) is 13.2 Å². The Hall–Kier alpha value is -2.80. The number of ether oxygens (including phenoxy) is 1. The molecular weight excluding hydrogens is 425 g/mol. The molecule has 8 heteroatoms. The predicted molar refractivity (Wildman–Crippen MR) is 123 cm³/mol. The van der Waals surface area contributed by atoms with Gasteiger partial charge in [0.05, 0.1) is 4.92 Å². The third-order valence-electron chi connectivity index (χ3n) is 4.28. The minimum absolute atomic E-state index is 0. The molecule has 0 saturated heterocycles. The van der Waals surface area contributed by atoms with E-state index in [0.717, 1.165) is 36.6 Å². The molecule has 0 atom stereocenters.